The SMILES string of the molecule is CC(C)(CC(=O)NC1(C(=O)O)CCN(Cc2ccccc2)CC1)NC(=O)OCC1c2ccccc2-c2ccccc21. The molecule has 8 heteroatoms. The highest BCUT2D eigenvalue weighted by Gasteiger charge is 2.43. The number of benzene rings is 3. The van der Waals surface area contributed by atoms with E-state index >= 15 is 0 Å². The fourth-order valence-electron chi connectivity index (χ4n) is 5.99. The molecule has 0 atom stereocenters. The van der Waals surface area contributed by atoms with Crippen LogP contribution in [0, 0.1) is 0 Å². The van der Waals surface area contributed by atoms with Gasteiger partial charge in [-0.1, -0.05) is 78.9 Å². The third-order valence-corrected chi connectivity index (χ3v) is 8.13. The fourth-order valence-corrected chi connectivity index (χ4v) is 5.99. The molecule has 8 nitrogen and oxygen atoms in total. The first-order chi connectivity index (χ1) is 19.7. The van der Waals surface area contributed by atoms with E-state index in [0.29, 0.717) is 25.9 Å². The lowest BCUT2D eigenvalue weighted by Gasteiger charge is -2.40. The van der Waals surface area contributed by atoms with Gasteiger partial charge in [0.2, 0.25) is 5.91 Å². The van der Waals surface area contributed by atoms with Crippen molar-refractivity contribution in [2.24, 2.45) is 0 Å². The maximum absolute atomic E-state index is 13.1. The summed E-state index contributed by atoms with van der Waals surface area (Å²) in [5.74, 6) is -1.52. The van der Waals surface area contributed by atoms with Gasteiger partial charge in [-0.15, -0.1) is 0 Å². The molecule has 1 heterocycles. The van der Waals surface area contributed by atoms with Gasteiger partial charge in [-0.3, -0.25) is 9.69 Å². The second-order valence-corrected chi connectivity index (χ2v) is 11.7. The number of aliphatic carboxylic acids is 1. The van der Waals surface area contributed by atoms with Crippen molar-refractivity contribution < 1.29 is 24.2 Å². The number of nitrogens with one attached hydrogen (secondary N) is 2. The Hall–Kier alpha value is -4.17. The first-order valence-electron chi connectivity index (χ1n) is 14.1. The van der Waals surface area contributed by atoms with Crippen molar-refractivity contribution in [2.45, 2.75) is 56.7 Å². The average molecular weight is 556 g/mol. The Kier molecular flexibility index (Phi) is 8.13. The molecule has 0 saturated carbocycles. The minimum atomic E-state index is -1.33. The maximum Gasteiger partial charge on any atom is 0.407 e. The lowest BCUT2D eigenvalue weighted by Crippen LogP contribution is -2.61. The third-order valence-electron chi connectivity index (χ3n) is 8.13. The van der Waals surface area contributed by atoms with Gasteiger partial charge in [-0.2, -0.15) is 0 Å². The van der Waals surface area contributed by atoms with Crippen LogP contribution in [0.3, 0.4) is 0 Å². The molecule has 2 amide bonds. The number of amides is 2. The van der Waals surface area contributed by atoms with Crippen molar-refractivity contribution in [1.29, 1.82) is 0 Å². The summed E-state index contributed by atoms with van der Waals surface area (Å²) >= 11 is 0. The number of ether oxygens (including phenoxy) is 1. The molecule has 0 unspecified atom stereocenters. The van der Waals surface area contributed by atoms with Crippen LogP contribution in [0.4, 0.5) is 4.79 Å². The van der Waals surface area contributed by atoms with Gasteiger partial charge in [0.1, 0.15) is 12.1 Å². The van der Waals surface area contributed by atoms with Gasteiger partial charge in [-0.05, 0) is 54.5 Å². The predicted octanol–water partition coefficient (Wildman–Crippen LogP) is 4.93. The second kappa shape index (κ2) is 11.7. The highest BCUT2D eigenvalue weighted by molar-refractivity contribution is 5.88. The summed E-state index contributed by atoms with van der Waals surface area (Å²) in [6.45, 7) is 5.48. The minimum absolute atomic E-state index is 0.0669. The van der Waals surface area contributed by atoms with E-state index in [9.17, 15) is 19.5 Å². The largest absolute Gasteiger partial charge is 0.480 e. The first-order valence-corrected chi connectivity index (χ1v) is 14.1. The second-order valence-electron chi connectivity index (χ2n) is 11.7. The summed E-state index contributed by atoms with van der Waals surface area (Å²) in [7, 11) is 0. The van der Waals surface area contributed by atoms with Crippen molar-refractivity contribution >= 4 is 18.0 Å². The summed E-state index contributed by atoms with van der Waals surface area (Å²) in [5, 5.41) is 15.6. The van der Waals surface area contributed by atoms with Crippen LogP contribution >= 0.6 is 0 Å². The van der Waals surface area contributed by atoms with Gasteiger partial charge in [0.25, 0.3) is 0 Å². The normalized spacial score (nSPS) is 16.3. The zero-order chi connectivity index (χ0) is 29.0. The molecule has 3 aromatic carbocycles. The van der Waals surface area contributed by atoms with E-state index in [4.69, 9.17) is 4.74 Å². The molecule has 1 fully saturated rings. The molecule has 0 spiro atoms. The van der Waals surface area contributed by atoms with E-state index in [0.717, 1.165) is 28.8 Å². The van der Waals surface area contributed by atoms with Gasteiger partial charge in [0.15, 0.2) is 0 Å². The fraction of sp³-hybridized carbons (Fsp3) is 0.364. The zero-order valence-electron chi connectivity index (χ0n) is 23.6. The molecule has 5 rings (SSSR count). The van der Waals surface area contributed by atoms with Crippen molar-refractivity contribution in [3.8, 4) is 11.1 Å². The number of carboxylic acid groups (broad SMARTS) is 1. The number of nitrogens with zero attached hydrogens (tertiary/aromatic N) is 1. The van der Waals surface area contributed by atoms with E-state index in [2.05, 4.69) is 39.8 Å². The van der Waals surface area contributed by atoms with Crippen LogP contribution in [-0.2, 0) is 20.9 Å². The number of likely N-dealkylation sites (tertiary alicyclic amines) is 1. The molecule has 1 aliphatic carbocycles. The Morgan fingerprint density at radius 2 is 1.46 bits per heavy atom. The lowest BCUT2D eigenvalue weighted by atomic mass is 9.86. The van der Waals surface area contributed by atoms with Crippen LogP contribution < -0.4 is 10.6 Å². The van der Waals surface area contributed by atoms with Crippen molar-refractivity contribution in [1.82, 2.24) is 15.5 Å². The maximum atomic E-state index is 13.1. The molecule has 41 heavy (non-hydrogen) atoms. The van der Waals surface area contributed by atoms with Gasteiger partial charge in [0, 0.05) is 37.5 Å². The quantitative estimate of drug-likeness (QED) is 0.346. The number of hydrogen-bond acceptors (Lipinski definition) is 5. The standard InChI is InChI=1S/C33H37N3O5/c1-32(2,35-31(40)41-22-28-26-14-8-6-12-24(26)25-13-7-9-15-27(25)28)20-29(37)34-33(30(38)39)16-18-36(19-17-33)21-23-10-4-3-5-11-23/h3-15,28H,16-22H2,1-2H3,(H,34,37)(H,35,40)(H,38,39). The van der Waals surface area contributed by atoms with Crippen molar-refractivity contribution in [2.75, 3.05) is 19.7 Å². The Bertz CT molecular complexity index is 1370. The number of carbonyl (C=O) groups is 3. The van der Waals surface area contributed by atoms with Gasteiger partial charge in [-0.25, -0.2) is 9.59 Å². The molecule has 214 valence electrons. The molecule has 0 bridgehead atoms. The topological polar surface area (TPSA) is 108 Å². The predicted molar refractivity (Wildman–Crippen MR) is 156 cm³/mol. The van der Waals surface area contributed by atoms with Crippen LogP contribution in [0.25, 0.3) is 11.1 Å². The lowest BCUT2D eigenvalue weighted by molar-refractivity contribution is -0.150. The Morgan fingerprint density at radius 1 is 0.902 bits per heavy atom. The van der Waals surface area contributed by atoms with Crippen molar-refractivity contribution in [3.05, 3.63) is 95.6 Å². The van der Waals surface area contributed by atoms with E-state index in [-0.39, 0.29) is 18.9 Å². The van der Waals surface area contributed by atoms with E-state index in [1.54, 1.807) is 13.8 Å². The third kappa shape index (κ3) is 6.43. The minimum Gasteiger partial charge on any atom is -0.480 e. The number of alkyl carbamates (subject to hydrolysis) is 1. The van der Waals surface area contributed by atoms with Crippen LogP contribution in [0.1, 0.15) is 55.7 Å². The van der Waals surface area contributed by atoms with Crippen LogP contribution in [0.5, 0.6) is 0 Å². The summed E-state index contributed by atoms with van der Waals surface area (Å²) in [4.78, 5) is 40.3. The first kappa shape index (κ1) is 28.4. The monoisotopic (exact) mass is 555 g/mol. The smallest absolute Gasteiger partial charge is 0.407 e. The zero-order valence-corrected chi connectivity index (χ0v) is 23.6. The Balaban J connectivity index is 1.14. The Morgan fingerprint density at radius 3 is 2.05 bits per heavy atom. The molecular formula is C33H37N3O5. The molecule has 0 radical (unpaired) electrons. The molecule has 2 aliphatic rings. The number of hydrogen-bond donors (Lipinski definition) is 3. The molecule has 3 N–H and O–H groups in total. The number of rotatable bonds is 9. The van der Waals surface area contributed by atoms with Gasteiger partial charge in [0.05, 0.1) is 0 Å². The van der Waals surface area contributed by atoms with Crippen LogP contribution in [0.2, 0.25) is 0 Å². The van der Waals surface area contributed by atoms with Crippen molar-refractivity contribution in [3.63, 3.8) is 0 Å². The number of carbonyl (C=O) groups excluding carboxylic acids is 2. The van der Waals surface area contributed by atoms with Crippen LogP contribution in [0.15, 0.2) is 78.9 Å². The number of piperidine rings is 1. The van der Waals surface area contributed by atoms with E-state index < -0.39 is 29.0 Å². The number of fused-ring (bicyclic) bond motifs is 3. The van der Waals surface area contributed by atoms with Gasteiger partial charge < -0.3 is 20.5 Å². The molecule has 1 saturated heterocycles. The summed E-state index contributed by atoms with van der Waals surface area (Å²) in [6, 6.07) is 26.3. The molecule has 3 aromatic rings. The summed E-state index contributed by atoms with van der Waals surface area (Å²) < 4.78 is 5.64. The van der Waals surface area contributed by atoms with E-state index in [1.165, 1.54) is 5.56 Å². The Labute approximate surface area is 240 Å². The molecular weight excluding hydrogens is 518 g/mol. The average Bonchev–Trinajstić information content (AvgIpc) is 3.26. The summed E-state index contributed by atoms with van der Waals surface area (Å²) in [5.41, 5.74) is 3.42. The highest BCUT2D eigenvalue weighted by Crippen LogP contribution is 2.44. The van der Waals surface area contributed by atoms with Crippen LogP contribution in [-0.4, -0.2) is 58.8 Å². The van der Waals surface area contributed by atoms with Gasteiger partial charge >= 0.3 is 12.1 Å². The van der Waals surface area contributed by atoms with E-state index in [1.807, 2.05) is 54.6 Å². The summed E-state index contributed by atoms with van der Waals surface area (Å²) in [6.07, 6.45) is -0.0887. The molecule has 0 aromatic heterocycles. The number of carboxylic acids is 1. The molecule has 1 aliphatic heterocycles. The highest BCUT2D eigenvalue weighted by atomic mass is 16.5.